The Morgan fingerprint density at radius 2 is 2.13 bits per heavy atom. The molecular formula is C12H15ClO2. The van der Waals surface area contributed by atoms with Gasteiger partial charge in [-0.1, -0.05) is 25.4 Å². The smallest absolute Gasteiger partial charge is 0.164 e. The minimum atomic E-state index is 0.0435. The Hall–Kier alpha value is -1.02. The molecule has 0 aliphatic heterocycles. The van der Waals surface area contributed by atoms with Crippen molar-refractivity contribution in [3.63, 3.8) is 0 Å². The van der Waals surface area contributed by atoms with Gasteiger partial charge in [0, 0.05) is 12.0 Å². The molecule has 0 unspecified atom stereocenters. The van der Waals surface area contributed by atoms with E-state index < -0.39 is 0 Å². The fourth-order valence-electron chi connectivity index (χ4n) is 1.22. The van der Waals surface area contributed by atoms with Gasteiger partial charge in [-0.15, -0.1) is 0 Å². The van der Waals surface area contributed by atoms with Crippen LogP contribution in [-0.4, -0.2) is 12.4 Å². The molecule has 0 saturated heterocycles. The molecule has 0 aromatic heterocycles. The van der Waals surface area contributed by atoms with Gasteiger partial charge in [-0.25, -0.2) is 0 Å². The minimum absolute atomic E-state index is 0.0435. The number of Topliss-reactive ketones (excluding diaryl/α,β-unsaturated/α-hetero) is 1. The Kier molecular flexibility index (Phi) is 4.63. The van der Waals surface area contributed by atoms with Crippen LogP contribution < -0.4 is 4.74 Å². The summed E-state index contributed by atoms with van der Waals surface area (Å²) >= 11 is 5.93. The standard InChI is InChI=1S/C12H15ClO2/c1-3-7-15-9-5-6-11(13)10(8-9)12(14)4-2/h5-6,8H,3-4,7H2,1-2H3. The van der Waals surface area contributed by atoms with Crippen molar-refractivity contribution in [3.05, 3.63) is 28.8 Å². The Labute approximate surface area is 95.2 Å². The molecule has 82 valence electrons. The third-order valence-electron chi connectivity index (χ3n) is 2.03. The highest BCUT2D eigenvalue weighted by molar-refractivity contribution is 6.34. The molecule has 0 aliphatic carbocycles. The van der Waals surface area contributed by atoms with Crippen molar-refractivity contribution in [2.75, 3.05) is 6.61 Å². The topological polar surface area (TPSA) is 26.3 Å². The van der Waals surface area contributed by atoms with Crippen molar-refractivity contribution in [3.8, 4) is 5.75 Å². The highest BCUT2D eigenvalue weighted by atomic mass is 35.5. The normalized spacial score (nSPS) is 10.1. The lowest BCUT2D eigenvalue weighted by molar-refractivity contribution is 0.0988. The number of carbonyl (C=O) groups is 1. The molecule has 2 nitrogen and oxygen atoms in total. The summed E-state index contributed by atoms with van der Waals surface area (Å²) in [5.41, 5.74) is 0.549. The van der Waals surface area contributed by atoms with E-state index in [1.165, 1.54) is 0 Å². The van der Waals surface area contributed by atoms with Crippen LogP contribution in [0.1, 0.15) is 37.0 Å². The second kappa shape index (κ2) is 5.76. The number of ether oxygens (including phenoxy) is 1. The summed E-state index contributed by atoms with van der Waals surface area (Å²) in [7, 11) is 0. The summed E-state index contributed by atoms with van der Waals surface area (Å²) in [6, 6.07) is 5.20. The molecule has 0 spiro atoms. The second-order valence-corrected chi connectivity index (χ2v) is 3.67. The van der Waals surface area contributed by atoms with Gasteiger partial charge in [0.1, 0.15) is 5.75 Å². The average Bonchev–Trinajstić information content (AvgIpc) is 2.27. The fraction of sp³-hybridized carbons (Fsp3) is 0.417. The number of carbonyl (C=O) groups excluding carboxylic acids is 1. The van der Waals surface area contributed by atoms with E-state index in [0.29, 0.717) is 29.4 Å². The van der Waals surface area contributed by atoms with E-state index in [0.717, 1.165) is 6.42 Å². The van der Waals surface area contributed by atoms with E-state index in [-0.39, 0.29) is 5.78 Å². The van der Waals surface area contributed by atoms with Gasteiger partial charge < -0.3 is 4.74 Å². The molecule has 0 bridgehead atoms. The van der Waals surface area contributed by atoms with Crippen LogP contribution in [0.15, 0.2) is 18.2 Å². The Morgan fingerprint density at radius 3 is 2.73 bits per heavy atom. The molecule has 0 fully saturated rings. The average molecular weight is 227 g/mol. The number of rotatable bonds is 5. The van der Waals surface area contributed by atoms with Crippen molar-refractivity contribution in [2.45, 2.75) is 26.7 Å². The molecule has 0 saturated carbocycles. The lowest BCUT2D eigenvalue weighted by Gasteiger charge is -2.07. The number of ketones is 1. The molecule has 0 heterocycles. The minimum Gasteiger partial charge on any atom is -0.494 e. The Bertz CT molecular complexity index is 347. The van der Waals surface area contributed by atoms with E-state index in [4.69, 9.17) is 16.3 Å². The highest BCUT2D eigenvalue weighted by Gasteiger charge is 2.09. The summed E-state index contributed by atoms with van der Waals surface area (Å²) < 4.78 is 5.43. The van der Waals surface area contributed by atoms with Crippen LogP contribution >= 0.6 is 11.6 Å². The first-order valence-electron chi connectivity index (χ1n) is 5.14. The molecule has 0 N–H and O–H groups in total. The fourth-order valence-corrected chi connectivity index (χ4v) is 1.44. The van der Waals surface area contributed by atoms with Crippen LogP contribution in [0.5, 0.6) is 5.75 Å². The van der Waals surface area contributed by atoms with E-state index in [1.807, 2.05) is 13.8 Å². The summed E-state index contributed by atoms with van der Waals surface area (Å²) in [5.74, 6) is 0.750. The predicted octanol–water partition coefficient (Wildman–Crippen LogP) is 3.72. The maximum Gasteiger partial charge on any atom is 0.164 e. The summed E-state index contributed by atoms with van der Waals surface area (Å²) in [6.45, 7) is 4.51. The van der Waals surface area contributed by atoms with Gasteiger partial charge in [-0.05, 0) is 24.6 Å². The van der Waals surface area contributed by atoms with Crippen molar-refractivity contribution in [1.82, 2.24) is 0 Å². The second-order valence-electron chi connectivity index (χ2n) is 3.27. The zero-order chi connectivity index (χ0) is 11.3. The number of benzene rings is 1. The van der Waals surface area contributed by atoms with Crippen LogP contribution in [0.4, 0.5) is 0 Å². The molecule has 0 atom stereocenters. The lowest BCUT2D eigenvalue weighted by Crippen LogP contribution is -2.00. The largest absolute Gasteiger partial charge is 0.494 e. The van der Waals surface area contributed by atoms with Crippen LogP contribution in [0.3, 0.4) is 0 Å². The lowest BCUT2D eigenvalue weighted by atomic mass is 10.1. The van der Waals surface area contributed by atoms with Gasteiger partial charge in [0.2, 0.25) is 0 Å². The molecule has 3 heteroatoms. The molecule has 0 radical (unpaired) electrons. The van der Waals surface area contributed by atoms with Crippen molar-refractivity contribution in [2.24, 2.45) is 0 Å². The SMILES string of the molecule is CCCOc1ccc(Cl)c(C(=O)CC)c1. The first-order valence-corrected chi connectivity index (χ1v) is 5.52. The summed E-state index contributed by atoms with van der Waals surface area (Å²) in [5, 5.41) is 0.491. The zero-order valence-corrected chi connectivity index (χ0v) is 9.80. The van der Waals surface area contributed by atoms with E-state index in [2.05, 4.69) is 0 Å². The van der Waals surface area contributed by atoms with Gasteiger partial charge in [0.15, 0.2) is 5.78 Å². The maximum absolute atomic E-state index is 11.5. The summed E-state index contributed by atoms with van der Waals surface area (Å²) in [4.78, 5) is 11.5. The first kappa shape index (κ1) is 12.1. The third kappa shape index (κ3) is 3.24. The quantitative estimate of drug-likeness (QED) is 0.716. The molecule has 0 aliphatic rings. The van der Waals surface area contributed by atoms with Crippen LogP contribution in [0.25, 0.3) is 0 Å². The first-order chi connectivity index (χ1) is 7.19. The zero-order valence-electron chi connectivity index (χ0n) is 9.05. The Morgan fingerprint density at radius 1 is 1.40 bits per heavy atom. The number of hydrogen-bond donors (Lipinski definition) is 0. The highest BCUT2D eigenvalue weighted by Crippen LogP contribution is 2.23. The molecule has 1 aromatic rings. The van der Waals surface area contributed by atoms with E-state index in [9.17, 15) is 4.79 Å². The Balaban J connectivity index is 2.89. The van der Waals surface area contributed by atoms with Crippen LogP contribution in [-0.2, 0) is 0 Å². The number of halogens is 1. The van der Waals surface area contributed by atoms with Gasteiger partial charge in [-0.3, -0.25) is 4.79 Å². The third-order valence-corrected chi connectivity index (χ3v) is 2.36. The van der Waals surface area contributed by atoms with Crippen LogP contribution in [0.2, 0.25) is 5.02 Å². The maximum atomic E-state index is 11.5. The van der Waals surface area contributed by atoms with Crippen molar-refractivity contribution in [1.29, 1.82) is 0 Å². The van der Waals surface area contributed by atoms with Crippen molar-refractivity contribution < 1.29 is 9.53 Å². The molecule has 1 aromatic carbocycles. The molecular weight excluding hydrogens is 212 g/mol. The van der Waals surface area contributed by atoms with E-state index in [1.54, 1.807) is 18.2 Å². The molecule has 1 rings (SSSR count). The van der Waals surface area contributed by atoms with Gasteiger partial charge in [-0.2, -0.15) is 0 Å². The van der Waals surface area contributed by atoms with Gasteiger partial charge in [0.05, 0.1) is 11.6 Å². The predicted molar refractivity (Wildman–Crippen MR) is 61.9 cm³/mol. The van der Waals surface area contributed by atoms with E-state index >= 15 is 0 Å². The van der Waals surface area contributed by atoms with Crippen LogP contribution in [0, 0.1) is 0 Å². The number of hydrogen-bond acceptors (Lipinski definition) is 2. The summed E-state index contributed by atoms with van der Waals surface area (Å²) in [6.07, 6.45) is 1.40. The van der Waals surface area contributed by atoms with Crippen molar-refractivity contribution >= 4 is 17.4 Å². The molecule has 0 amide bonds. The van der Waals surface area contributed by atoms with Gasteiger partial charge in [0.25, 0.3) is 0 Å². The monoisotopic (exact) mass is 226 g/mol. The molecule has 15 heavy (non-hydrogen) atoms. The van der Waals surface area contributed by atoms with Gasteiger partial charge >= 0.3 is 0 Å².